The molecular formula is C17H19NO4S2. The van der Waals surface area contributed by atoms with Crippen LogP contribution in [0.4, 0.5) is 5.69 Å². The van der Waals surface area contributed by atoms with Crippen LogP contribution in [0, 0.1) is 6.92 Å². The average molecular weight is 365 g/mol. The first-order valence-electron chi connectivity index (χ1n) is 7.19. The summed E-state index contributed by atoms with van der Waals surface area (Å²) in [6, 6.07) is 13.6. The molecule has 0 spiro atoms. The Morgan fingerprint density at radius 1 is 1.17 bits per heavy atom. The number of aryl methyl sites for hydroxylation is 1. The van der Waals surface area contributed by atoms with Crippen LogP contribution < -0.4 is 4.31 Å². The fourth-order valence-corrected chi connectivity index (χ4v) is 3.96. The topological polar surface area (TPSA) is 63.7 Å². The molecule has 5 nitrogen and oxygen atoms in total. The lowest BCUT2D eigenvalue weighted by molar-refractivity contribution is -0.138. The highest BCUT2D eigenvalue weighted by Gasteiger charge is 2.27. The van der Waals surface area contributed by atoms with Gasteiger partial charge < -0.3 is 4.74 Å². The first-order chi connectivity index (χ1) is 11.4. The lowest BCUT2D eigenvalue weighted by Gasteiger charge is -2.23. The molecule has 0 aliphatic carbocycles. The molecule has 0 saturated heterocycles. The van der Waals surface area contributed by atoms with E-state index in [1.807, 2.05) is 19.2 Å². The molecule has 7 heteroatoms. The molecule has 0 heterocycles. The van der Waals surface area contributed by atoms with Crippen molar-refractivity contribution >= 4 is 33.4 Å². The molecule has 0 fully saturated rings. The molecule has 0 N–H and O–H groups in total. The number of carbonyl (C=O) groups is 1. The van der Waals surface area contributed by atoms with E-state index in [9.17, 15) is 13.2 Å². The molecule has 0 atom stereocenters. The Morgan fingerprint density at radius 3 is 2.38 bits per heavy atom. The van der Waals surface area contributed by atoms with Gasteiger partial charge in [0.25, 0.3) is 10.0 Å². The van der Waals surface area contributed by atoms with Crippen LogP contribution in [0.2, 0.25) is 0 Å². The highest BCUT2D eigenvalue weighted by molar-refractivity contribution is 7.98. The first-order valence-corrected chi connectivity index (χ1v) is 9.85. The maximum absolute atomic E-state index is 13.0. The summed E-state index contributed by atoms with van der Waals surface area (Å²) >= 11 is 1.53. The van der Waals surface area contributed by atoms with Crippen LogP contribution in [-0.4, -0.2) is 34.3 Å². The smallest absolute Gasteiger partial charge is 0.326 e. The molecule has 0 bridgehead atoms. The third kappa shape index (κ3) is 4.10. The Labute approximate surface area is 146 Å². The highest BCUT2D eigenvalue weighted by Crippen LogP contribution is 2.26. The Kier molecular flexibility index (Phi) is 5.90. The van der Waals surface area contributed by atoms with Crippen LogP contribution in [-0.2, 0) is 19.6 Å². The van der Waals surface area contributed by atoms with E-state index in [0.717, 1.165) is 14.8 Å². The maximum Gasteiger partial charge on any atom is 0.326 e. The van der Waals surface area contributed by atoms with Crippen molar-refractivity contribution in [3.63, 3.8) is 0 Å². The van der Waals surface area contributed by atoms with E-state index in [0.29, 0.717) is 5.69 Å². The SMILES string of the molecule is COC(=O)CN(c1cccc(C)c1)S(=O)(=O)c1ccc(SC)cc1. The third-order valence-electron chi connectivity index (χ3n) is 3.44. The number of esters is 1. The standard InChI is InChI=1S/C17H19NO4S2/c1-13-5-4-6-14(11-13)18(12-17(19)22-2)24(20,21)16-9-7-15(23-3)8-10-16/h4-11H,12H2,1-3H3. The van der Waals surface area contributed by atoms with E-state index < -0.39 is 16.0 Å². The number of anilines is 1. The summed E-state index contributed by atoms with van der Waals surface area (Å²) in [7, 11) is -2.65. The highest BCUT2D eigenvalue weighted by atomic mass is 32.2. The fraction of sp³-hybridized carbons (Fsp3) is 0.235. The van der Waals surface area contributed by atoms with Crippen molar-refractivity contribution in [3.8, 4) is 0 Å². The van der Waals surface area contributed by atoms with Crippen molar-refractivity contribution in [2.24, 2.45) is 0 Å². The number of thioether (sulfide) groups is 1. The number of hydrogen-bond acceptors (Lipinski definition) is 5. The molecule has 2 aromatic carbocycles. The van der Waals surface area contributed by atoms with Gasteiger partial charge in [0.05, 0.1) is 17.7 Å². The molecule has 2 aromatic rings. The number of ether oxygens (including phenoxy) is 1. The second-order valence-corrected chi connectivity index (χ2v) is 7.84. The van der Waals surface area contributed by atoms with Gasteiger partial charge in [-0.2, -0.15) is 0 Å². The molecule has 0 saturated carbocycles. The van der Waals surface area contributed by atoms with E-state index in [1.165, 1.54) is 18.9 Å². The summed E-state index contributed by atoms with van der Waals surface area (Å²) in [4.78, 5) is 12.8. The number of methoxy groups -OCH3 is 1. The van der Waals surface area contributed by atoms with Crippen molar-refractivity contribution < 1.29 is 17.9 Å². The van der Waals surface area contributed by atoms with Crippen LogP contribution in [0.3, 0.4) is 0 Å². The van der Waals surface area contributed by atoms with Crippen molar-refractivity contribution in [1.29, 1.82) is 0 Å². The van der Waals surface area contributed by atoms with E-state index in [1.54, 1.807) is 42.5 Å². The average Bonchev–Trinajstić information content (AvgIpc) is 2.59. The third-order valence-corrected chi connectivity index (χ3v) is 5.97. The normalized spacial score (nSPS) is 11.1. The second-order valence-electron chi connectivity index (χ2n) is 5.10. The van der Waals surface area contributed by atoms with Crippen LogP contribution in [0.15, 0.2) is 58.3 Å². The van der Waals surface area contributed by atoms with Crippen molar-refractivity contribution in [2.75, 3.05) is 24.2 Å². The van der Waals surface area contributed by atoms with Crippen LogP contribution in [0.5, 0.6) is 0 Å². The summed E-state index contributed by atoms with van der Waals surface area (Å²) in [5.74, 6) is -0.624. The van der Waals surface area contributed by atoms with Gasteiger partial charge in [-0.05, 0) is 55.1 Å². The van der Waals surface area contributed by atoms with Gasteiger partial charge in [0.2, 0.25) is 0 Å². The van der Waals surface area contributed by atoms with Gasteiger partial charge in [-0.15, -0.1) is 11.8 Å². The van der Waals surface area contributed by atoms with Gasteiger partial charge in [-0.1, -0.05) is 12.1 Å². The molecule has 0 radical (unpaired) electrons. The Bertz CT molecular complexity index is 817. The summed E-state index contributed by atoms with van der Waals surface area (Å²) in [5, 5.41) is 0. The predicted octanol–water partition coefficient (Wildman–Crippen LogP) is 3.09. The monoisotopic (exact) mass is 365 g/mol. The Balaban J connectivity index is 2.49. The molecule has 0 aliphatic rings. The second kappa shape index (κ2) is 7.72. The molecule has 0 aromatic heterocycles. The quantitative estimate of drug-likeness (QED) is 0.581. The maximum atomic E-state index is 13.0. The Morgan fingerprint density at radius 2 is 1.83 bits per heavy atom. The first kappa shape index (κ1) is 18.4. The van der Waals surface area contributed by atoms with Crippen molar-refractivity contribution in [3.05, 3.63) is 54.1 Å². The molecular weight excluding hydrogens is 346 g/mol. The van der Waals surface area contributed by atoms with Crippen molar-refractivity contribution in [1.82, 2.24) is 0 Å². The zero-order valence-electron chi connectivity index (χ0n) is 13.7. The number of rotatable bonds is 6. The zero-order chi connectivity index (χ0) is 17.7. The van der Waals surface area contributed by atoms with Gasteiger partial charge in [0.15, 0.2) is 0 Å². The lowest BCUT2D eigenvalue weighted by atomic mass is 10.2. The Hall–Kier alpha value is -1.99. The lowest BCUT2D eigenvalue weighted by Crippen LogP contribution is -2.36. The minimum atomic E-state index is -3.88. The molecule has 2 rings (SSSR count). The predicted molar refractivity (Wildman–Crippen MR) is 95.9 cm³/mol. The number of benzene rings is 2. The number of sulfonamides is 1. The fourth-order valence-electron chi connectivity index (χ4n) is 2.15. The molecule has 0 amide bonds. The summed E-state index contributed by atoms with van der Waals surface area (Å²) in [5.41, 5.74) is 1.32. The van der Waals surface area contributed by atoms with Crippen LogP contribution in [0.1, 0.15) is 5.56 Å². The van der Waals surface area contributed by atoms with Gasteiger partial charge >= 0.3 is 5.97 Å². The van der Waals surface area contributed by atoms with E-state index in [2.05, 4.69) is 4.74 Å². The van der Waals surface area contributed by atoms with E-state index in [-0.39, 0.29) is 11.4 Å². The minimum absolute atomic E-state index is 0.130. The van der Waals surface area contributed by atoms with Crippen LogP contribution in [0.25, 0.3) is 0 Å². The number of nitrogens with zero attached hydrogens (tertiary/aromatic N) is 1. The molecule has 24 heavy (non-hydrogen) atoms. The number of carbonyl (C=O) groups excluding carboxylic acids is 1. The largest absolute Gasteiger partial charge is 0.468 e. The van der Waals surface area contributed by atoms with Gasteiger partial charge in [-0.3, -0.25) is 9.10 Å². The van der Waals surface area contributed by atoms with Gasteiger partial charge in [0, 0.05) is 4.90 Å². The number of hydrogen-bond donors (Lipinski definition) is 0. The van der Waals surface area contributed by atoms with Crippen LogP contribution >= 0.6 is 11.8 Å². The summed E-state index contributed by atoms with van der Waals surface area (Å²) in [6.45, 7) is 1.48. The van der Waals surface area contributed by atoms with Gasteiger partial charge in [0.1, 0.15) is 6.54 Å². The van der Waals surface area contributed by atoms with Gasteiger partial charge in [-0.25, -0.2) is 8.42 Å². The molecule has 0 unspecified atom stereocenters. The minimum Gasteiger partial charge on any atom is -0.468 e. The summed E-state index contributed by atoms with van der Waals surface area (Å²) in [6.07, 6.45) is 1.92. The van der Waals surface area contributed by atoms with Crippen molar-refractivity contribution in [2.45, 2.75) is 16.7 Å². The molecule has 0 aliphatic heterocycles. The summed E-state index contributed by atoms with van der Waals surface area (Å²) < 4.78 is 31.7. The van der Waals surface area contributed by atoms with E-state index >= 15 is 0 Å². The van der Waals surface area contributed by atoms with E-state index in [4.69, 9.17) is 0 Å². The zero-order valence-corrected chi connectivity index (χ0v) is 15.4. The molecule has 128 valence electrons.